The Labute approximate surface area is 180 Å². The summed E-state index contributed by atoms with van der Waals surface area (Å²) < 4.78 is 24.7. The topological polar surface area (TPSA) is 94.6 Å². The van der Waals surface area contributed by atoms with Gasteiger partial charge in [0.05, 0.1) is 5.69 Å². The van der Waals surface area contributed by atoms with E-state index in [0.29, 0.717) is 17.8 Å². The zero-order valence-electron chi connectivity index (χ0n) is 15.9. The second-order valence-corrected chi connectivity index (χ2v) is 8.35. The minimum atomic E-state index is -3.99. The number of nitrogens with zero attached hydrogens (tertiary/aromatic N) is 3. The number of hydrazine groups is 2. The van der Waals surface area contributed by atoms with E-state index in [1.165, 1.54) is 17.1 Å². The monoisotopic (exact) mass is 451 g/mol. The minimum Gasteiger partial charge on any atom is -0.287 e. The quantitative estimate of drug-likeness (QED) is 0.480. The van der Waals surface area contributed by atoms with Crippen molar-refractivity contribution < 1.29 is 13.2 Å². The van der Waals surface area contributed by atoms with Gasteiger partial charge in [0.1, 0.15) is 15.7 Å². The van der Waals surface area contributed by atoms with Crippen molar-refractivity contribution in [3.8, 4) is 0 Å². The van der Waals surface area contributed by atoms with Crippen molar-refractivity contribution in [3.63, 3.8) is 0 Å². The number of hydrogen-bond donors (Lipinski definition) is 2. The van der Waals surface area contributed by atoms with Crippen LogP contribution in [0.3, 0.4) is 0 Å². The van der Waals surface area contributed by atoms with E-state index >= 15 is 0 Å². The van der Waals surface area contributed by atoms with Gasteiger partial charge in [0, 0.05) is 25.4 Å². The Morgan fingerprint density at radius 2 is 1.72 bits per heavy atom. The van der Waals surface area contributed by atoms with Crippen LogP contribution in [0, 0.1) is 0 Å². The Balaban J connectivity index is 1.97. The summed E-state index contributed by atoms with van der Waals surface area (Å²) in [6, 6.07) is 14.2. The van der Waals surface area contributed by atoms with Gasteiger partial charge in [-0.2, -0.15) is 0 Å². The van der Waals surface area contributed by atoms with Crippen LogP contribution >= 0.6 is 24.4 Å². The van der Waals surface area contributed by atoms with Gasteiger partial charge in [-0.3, -0.25) is 25.2 Å². The maximum absolute atomic E-state index is 12.4. The van der Waals surface area contributed by atoms with Crippen LogP contribution in [0.25, 0.3) is 0 Å². The number of nitrogens with one attached hydrogen (secondary N) is 2. The van der Waals surface area contributed by atoms with Gasteiger partial charge in [0.25, 0.3) is 5.91 Å². The third-order valence-electron chi connectivity index (χ3n) is 3.63. The average molecular weight is 452 g/mol. The predicted octanol–water partition coefficient (Wildman–Crippen LogP) is 1.25. The number of sulfonamides is 1. The Hall–Kier alpha value is -2.47. The molecule has 1 aromatic carbocycles. The maximum Gasteiger partial charge on any atom is 0.255 e. The highest BCUT2D eigenvalue weighted by Gasteiger charge is 2.22. The lowest BCUT2D eigenvalue weighted by molar-refractivity contribution is -0.121. The van der Waals surface area contributed by atoms with Crippen molar-refractivity contribution in [2.75, 3.05) is 19.3 Å². The standard InChI is InChI=1S/C18H21N5O3S3/c1-3-23(18(28)15-11-7-8-12-19-15)20-16(24)13-29(25,26)21-22(2)17(27)14-9-5-4-6-10-14/h4-12,21H,3,13H2,1-2H3,(H,20,24). The number of carbonyl (C=O) groups excluding carboxylic acids is 1. The van der Waals surface area contributed by atoms with Crippen molar-refractivity contribution in [2.24, 2.45) is 0 Å². The van der Waals surface area contributed by atoms with E-state index in [0.717, 1.165) is 0 Å². The van der Waals surface area contributed by atoms with Gasteiger partial charge in [-0.15, -0.1) is 4.83 Å². The Bertz CT molecular complexity index is 969. The van der Waals surface area contributed by atoms with E-state index in [1.807, 2.05) is 6.07 Å². The van der Waals surface area contributed by atoms with Gasteiger partial charge in [0.2, 0.25) is 10.0 Å². The number of hydrogen-bond acceptors (Lipinski definition) is 6. The summed E-state index contributed by atoms with van der Waals surface area (Å²) in [5.74, 6) is -1.53. The fourth-order valence-corrected chi connectivity index (χ4v) is 3.83. The second kappa shape index (κ2) is 10.3. The zero-order chi connectivity index (χ0) is 21.4. The van der Waals surface area contributed by atoms with E-state index < -0.39 is 21.7 Å². The number of thiocarbonyl (C=S) groups is 2. The number of amides is 1. The summed E-state index contributed by atoms with van der Waals surface area (Å²) in [5, 5.41) is 2.55. The molecule has 0 saturated heterocycles. The number of rotatable bonds is 7. The van der Waals surface area contributed by atoms with Crippen LogP contribution < -0.4 is 10.3 Å². The van der Waals surface area contributed by atoms with Gasteiger partial charge in [-0.25, -0.2) is 8.42 Å². The molecule has 0 unspecified atom stereocenters. The third kappa shape index (κ3) is 6.82. The smallest absolute Gasteiger partial charge is 0.255 e. The third-order valence-corrected chi connectivity index (χ3v) is 5.76. The molecule has 11 heteroatoms. The minimum absolute atomic E-state index is 0.279. The summed E-state index contributed by atoms with van der Waals surface area (Å²) in [6.45, 7) is 2.11. The molecule has 0 aliphatic carbocycles. The summed E-state index contributed by atoms with van der Waals surface area (Å²) >= 11 is 10.6. The van der Waals surface area contributed by atoms with Crippen LogP contribution in [-0.2, 0) is 14.8 Å². The fraction of sp³-hybridized carbons (Fsp3) is 0.222. The molecule has 1 aromatic heterocycles. The second-order valence-electron chi connectivity index (χ2n) is 5.88. The number of benzene rings is 1. The lowest BCUT2D eigenvalue weighted by Crippen LogP contribution is -2.50. The molecule has 0 radical (unpaired) electrons. The normalized spacial score (nSPS) is 10.8. The van der Waals surface area contributed by atoms with Crippen molar-refractivity contribution >= 4 is 50.3 Å². The average Bonchev–Trinajstić information content (AvgIpc) is 2.71. The van der Waals surface area contributed by atoms with E-state index in [-0.39, 0.29) is 9.98 Å². The molecule has 154 valence electrons. The molecule has 1 heterocycles. The molecule has 29 heavy (non-hydrogen) atoms. The molecule has 0 bridgehead atoms. The molecular weight excluding hydrogens is 430 g/mol. The first kappa shape index (κ1) is 22.8. The molecule has 0 spiro atoms. The Morgan fingerprint density at radius 3 is 2.31 bits per heavy atom. The summed E-state index contributed by atoms with van der Waals surface area (Å²) in [5.41, 5.74) is 3.67. The van der Waals surface area contributed by atoms with Crippen molar-refractivity contribution in [3.05, 3.63) is 66.0 Å². The van der Waals surface area contributed by atoms with Gasteiger partial charge in [-0.05, 0) is 19.1 Å². The molecule has 0 atom stereocenters. The van der Waals surface area contributed by atoms with Crippen LogP contribution in [-0.4, -0.2) is 58.6 Å². The van der Waals surface area contributed by atoms with Gasteiger partial charge >= 0.3 is 0 Å². The molecule has 0 aliphatic heterocycles. The van der Waals surface area contributed by atoms with Gasteiger partial charge in [0.15, 0.2) is 0 Å². The van der Waals surface area contributed by atoms with Crippen LogP contribution in [0.4, 0.5) is 0 Å². The first-order chi connectivity index (χ1) is 13.7. The molecule has 0 saturated carbocycles. The Morgan fingerprint density at radius 1 is 1.07 bits per heavy atom. The number of aromatic nitrogens is 1. The highest BCUT2D eigenvalue weighted by Crippen LogP contribution is 2.04. The lowest BCUT2D eigenvalue weighted by atomic mass is 10.2. The zero-order valence-corrected chi connectivity index (χ0v) is 18.4. The fourth-order valence-electron chi connectivity index (χ4n) is 2.31. The van der Waals surface area contributed by atoms with E-state index in [4.69, 9.17) is 24.4 Å². The summed E-state index contributed by atoms with van der Waals surface area (Å²) in [4.78, 5) is 19.3. The number of carbonyl (C=O) groups is 1. The highest BCUT2D eigenvalue weighted by molar-refractivity contribution is 7.90. The first-order valence-electron chi connectivity index (χ1n) is 8.59. The largest absolute Gasteiger partial charge is 0.287 e. The first-order valence-corrected chi connectivity index (χ1v) is 11.1. The Kier molecular flexibility index (Phi) is 8.14. The molecule has 0 aliphatic rings. The van der Waals surface area contributed by atoms with Crippen LogP contribution in [0.15, 0.2) is 54.7 Å². The van der Waals surface area contributed by atoms with Crippen molar-refractivity contribution in [2.45, 2.75) is 6.92 Å². The van der Waals surface area contributed by atoms with E-state index in [1.54, 1.807) is 55.6 Å². The number of pyridine rings is 1. The molecule has 8 nitrogen and oxygen atoms in total. The SMILES string of the molecule is CCN(NC(=O)CS(=O)(=O)NN(C)C(=S)c1ccccc1)C(=S)c1ccccn1. The van der Waals surface area contributed by atoms with Gasteiger partial charge < -0.3 is 0 Å². The van der Waals surface area contributed by atoms with Gasteiger partial charge in [-0.1, -0.05) is 60.8 Å². The summed E-state index contributed by atoms with van der Waals surface area (Å²) in [7, 11) is -2.51. The highest BCUT2D eigenvalue weighted by atomic mass is 32.2. The maximum atomic E-state index is 12.4. The summed E-state index contributed by atoms with van der Waals surface area (Å²) in [6.07, 6.45) is 1.58. The van der Waals surface area contributed by atoms with Crippen LogP contribution in [0.5, 0.6) is 0 Å². The molecular formula is C18H21N5O3S3. The van der Waals surface area contributed by atoms with Crippen LogP contribution in [0.1, 0.15) is 18.2 Å². The molecule has 2 rings (SSSR count). The molecule has 2 N–H and O–H groups in total. The van der Waals surface area contributed by atoms with Crippen molar-refractivity contribution in [1.29, 1.82) is 0 Å². The van der Waals surface area contributed by atoms with Crippen molar-refractivity contribution in [1.82, 2.24) is 25.3 Å². The molecule has 1 amide bonds. The predicted molar refractivity (Wildman–Crippen MR) is 119 cm³/mol. The van der Waals surface area contributed by atoms with E-state index in [9.17, 15) is 13.2 Å². The molecule has 0 fully saturated rings. The molecule has 2 aromatic rings. The van der Waals surface area contributed by atoms with Crippen LogP contribution in [0.2, 0.25) is 0 Å². The van der Waals surface area contributed by atoms with E-state index in [2.05, 4.69) is 15.2 Å². The lowest BCUT2D eigenvalue weighted by Gasteiger charge is -2.24.